The molecule has 3 aromatic rings. The van der Waals surface area contributed by atoms with E-state index < -0.39 is 6.09 Å². The molecular formula is C23H23IN2O4. The average Bonchev–Trinajstić information content (AvgIpc) is 3.22. The van der Waals surface area contributed by atoms with E-state index >= 15 is 0 Å². The van der Waals surface area contributed by atoms with Crippen LogP contribution in [0.2, 0.25) is 0 Å². The number of Topliss-reactive ketones (excluding diaryl/α,β-unsaturated/α-hetero) is 1. The number of ether oxygens (including phenoxy) is 1. The molecule has 2 heterocycles. The van der Waals surface area contributed by atoms with E-state index in [9.17, 15) is 9.59 Å². The van der Waals surface area contributed by atoms with E-state index in [0.29, 0.717) is 18.8 Å². The van der Waals surface area contributed by atoms with Gasteiger partial charge in [0.15, 0.2) is 5.78 Å². The number of fused-ring (bicyclic) bond motifs is 1. The topological polar surface area (TPSA) is 71.8 Å². The minimum absolute atomic E-state index is 0.0726. The van der Waals surface area contributed by atoms with Crippen molar-refractivity contribution in [1.82, 2.24) is 4.90 Å². The maximum atomic E-state index is 12.7. The fraction of sp³-hybridized carbons (Fsp3) is 0.304. The fourth-order valence-corrected chi connectivity index (χ4v) is 4.09. The number of piperidine rings is 1. The molecule has 0 atom stereocenters. The van der Waals surface area contributed by atoms with Gasteiger partial charge >= 0.3 is 6.09 Å². The van der Waals surface area contributed by atoms with Crippen LogP contribution in [0.1, 0.15) is 23.2 Å². The molecule has 0 aliphatic carbocycles. The van der Waals surface area contributed by atoms with Crippen LogP contribution in [0, 0.1) is 9.49 Å². The maximum absolute atomic E-state index is 12.7. The lowest BCUT2D eigenvalue weighted by molar-refractivity contribution is 0.0813. The van der Waals surface area contributed by atoms with Crippen molar-refractivity contribution in [1.29, 1.82) is 0 Å². The molecule has 7 heteroatoms. The smallest absolute Gasteiger partial charge is 0.411 e. The zero-order chi connectivity index (χ0) is 20.9. The van der Waals surface area contributed by atoms with Gasteiger partial charge in [-0.25, -0.2) is 4.79 Å². The van der Waals surface area contributed by atoms with E-state index in [1.165, 1.54) is 0 Å². The van der Waals surface area contributed by atoms with Crippen molar-refractivity contribution in [3.63, 3.8) is 0 Å². The van der Waals surface area contributed by atoms with Crippen molar-refractivity contribution in [2.24, 2.45) is 5.92 Å². The summed E-state index contributed by atoms with van der Waals surface area (Å²) in [4.78, 5) is 26.9. The number of hydrogen-bond donors (Lipinski definition) is 1. The minimum atomic E-state index is -0.471. The summed E-state index contributed by atoms with van der Waals surface area (Å²) < 4.78 is 11.7. The van der Waals surface area contributed by atoms with Crippen molar-refractivity contribution < 1.29 is 18.7 Å². The Balaban J connectivity index is 1.18. The summed E-state index contributed by atoms with van der Waals surface area (Å²) >= 11 is 2.24. The number of benzene rings is 2. The molecule has 1 saturated heterocycles. The molecular weight excluding hydrogens is 495 g/mol. The molecule has 0 spiro atoms. The summed E-state index contributed by atoms with van der Waals surface area (Å²) in [7, 11) is 0. The van der Waals surface area contributed by atoms with Crippen LogP contribution < -0.4 is 5.32 Å². The van der Waals surface area contributed by atoms with Crippen molar-refractivity contribution in [3.05, 3.63) is 63.9 Å². The monoisotopic (exact) mass is 518 g/mol. The molecule has 0 saturated carbocycles. The lowest BCUT2D eigenvalue weighted by atomic mass is 9.89. The second kappa shape index (κ2) is 9.61. The van der Waals surface area contributed by atoms with Gasteiger partial charge in [0.2, 0.25) is 0 Å². The van der Waals surface area contributed by atoms with Crippen LogP contribution in [0.5, 0.6) is 0 Å². The quantitative estimate of drug-likeness (QED) is 0.360. The minimum Gasteiger partial charge on any atom is -0.464 e. The summed E-state index contributed by atoms with van der Waals surface area (Å²) in [5.41, 5.74) is 2.24. The van der Waals surface area contributed by atoms with Crippen molar-refractivity contribution >= 4 is 51.1 Å². The van der Waals surface area contributed by atoms with Crippen LogP contribution in [0.3, 0.4) is 0 Å². The van der Waals surface area contributed by atoms with E-state index in [0.717, 1.165) is 46.0 Å². The fourth-order valence-electron chi connectivity index (χ4n) is 3.73. The number of rotatable bonds is 6. The van der Waals surface area contributed by atoms with Gasteiger partial charge in [0, 0.05) is 32.7 Å². The van der Waals surface area contributed by atoms with E-state index in [1.54, 1.807) is 12.3 Å². The second-order valence-corrected chi connectivity index (χ2v) is 8.67. The van der Waals surface area contributed by atoms with Gasteiger partial charge in [-0.3, -0.25) is 15.0 Å². The molecule has 30 heavy (non-hydrogen) atoms. The van der Waals surface area contributed by atoms with E-state index in [1.807, 2.05) is 42.5 Å². The van der Waals surface area contributed by atoms with Gasteiger partial charge in [-0.1, -0.05) is 12.1 Å². The molecule has 6 nitrogen and oxygen atoms in total. The Bertz CT molecular complexity index is 1020. The van der Waals surface area contributed by atoms with Gasteiger partial charge in [0.05, 0.1) is 6.26 Å². The number of halogens is 1. The maximum Gasteiger partial charge on any atom is 0.411 e. The highest BCUT2D eigenvalue weighted by Crippen LogP contribution is 2.23. The third-order valence-electron chi connectivity index (χ3n) is 5.43. The van der Waals surface area contributed by atoms with E-state index in [-0.39, 0.29) is 11.7 Å². The molecule has 4 rings (SSSR count). The largest absolute Gasteiger partial charge is 0.464 e. The number of furan rings is 1. The average molecular weight is 518 g/mol. The highest BCUT2D eigenvalue weighted by atomic mass is 127. The van der Waals surface area contributed by atoms with Crippen LogP contribution in [0.15, 0.2) is 59.2 Å². The second-order valence-electron chi connectivity index (χ2n) is 7.42. The number of nitrogens with one attached hydrogen (secondary N) is 1. The predicted octanol–water partition coefficient (Wildman–Crippen LogP) is 5.18. The van der Waals surface area contributed by atoms with Gasteiger partial charge in [0.1, 0.15) is 12.2 Å². The first-order valence-corrected chi connectivity index (χ1v) is 11.1. The normalized spacial score (nSPS) is 15.2. The first-order chi connectivity index (χ1) is 14.6. The molecule has 0 unspecified atom stereocenters. The molecule has 1 aliphatic rings. The van der Waals surface area contributed by atoms with Crippen molar-refractivity contribution in [3.8, 4) is 0 Å². The Morgan fingerprint density at radius 2 is 1.87 bits per heavy atom. The Morgan fingerprint density at radius 3 is 2.63 bits per heavy atom. The highest BCUT2D eigenvalue weighted by molar-refractivity contribution is 14.1. The molecule has 1 aliphatic heterocycles. The van der Waals surface area contributed by atoms with Crippen molar-refractivity contribution in [2.75, 3.05) is 31.6 Å². The molecule has 1 amide bonds. The summed E-state index contributed by atoms with van der Waals surface area (Å²) in [6.07, 6.45) is 2.81. The first kappa shape index (κ1) is 20.9. The number of carbonyl (C=O) groups is 2. The van der Waals surface area contributed by atoms with Crippen LogP contribution in [0.4, 0.5) is 10.5 Å². The Kier molecular flexibility index (Phi) is 6.69. The Morgan fingerprint density at radius 1 is 1.10 bits per heavy atom. The number of nitrogens with zero attached hydrogens (tertiary/aromatic N) is 1. The summed E-state index contributed by atoms with van der Waals surface area (Å²) in [5, 5.41) is 3.67. The van der Waals surface area contributed by atoms with E-state index in [4.69, 9.17) is 9.15 Å². The molecule has 1 fully saturated rings. The zero-order valence-corrected chi connectivity index (χ0v) is 18.6. The van der Waals surface area contributed by atoms with Crippen LogP contribution >= 0.6 is 22.6 Å². The molecule has 156 valence electrons. The third kappa shape index (κ3) is 5.20. The number of likely N-dealkylation sites (tertiary alicyclic amines) is 1. The zero-order valence-electron chi connectivity index (χ0n) is 16.5. The number of anilines is 1. The lowest BCUT2D eigenvalue weighted by Gasteiger charge is -2.31. The number of ketones is 1. The van der Waals surface area contributed by atoms with Gasteiger partial charge in [-0.2, -0.15) is 0 Å². The highest BCUT2D eigenvalue weighted by Gasteiger charge is 2.25. The Hall–Kier alpha value is -2.39. The van der Waals surface area contributed by atoms with Gasteiger partial charge in [0.25, 0.3) is 0 Å². The van der Waals surface area contributed by atoms with Gasteiger partial charge in [-0.15, -0.1) is 0 Å². The first-order valence-electron chi connectivity index (χ1n) is 10.0. The molecule has 0 radical (unpaired) electrons. The van der Waals surface area contributed by atoms with E-state index in [2.05, 4.69) is 32.8 Å². The van der Waals surface area contributed by atoms with Crippen LogP contribution in [-0.4, -0.2) is 43.0 Å². The standard InChI is InChI=1S/C23H23IN2O4/c24-19-3-1-16(2-4-19)22(27)17-7-10-26(11-8-17)12-14-30-23(28)25-20-5-6-21-18(15-20)9-13-29-21/h1-6,9,13,15,17H,7-8,10-12,14H2,(H,25,28). The SMILES string of the molecule is O=C(Nc1ccc2occc2c1)OCCN1CCC(C(=O)c2ccc(I)cc2)CC1. The summed E-state index contributed by atoms with van der Waals surface area (Å²) in [5.74, 6) is 0.305. The number of amides is 1. The van der Waals surface area contributed by atoms with Gasteiger partial charge in [-0.05, 0) is 84.9 Å². The Labute approximate surface area is 188 Å². The molecule has 1 aromatic heterocycles. The van der Waals surface area contributed by atoms with Crippen LogP contribution in [0.25, 0.3) is 11.0 Å². The number of hydrogen-bond acceptors (Lipinski definition) is 5. The van der Waals surface area contributed by atoms with Crippen LogP contribution in [-0.2, 0) is 4.74 Å². The van der Waals surface area contributed by atoms with Gasteiger partial charge < -0.3 is 9.15 Å². The molecule has 2 aromatic carbocycles. The third-order valence-corrected chi connectivity index (χ3v) is 6.15. The number of carbonyl (C=O) groups excluding carboxylic acids is 2. The lowest BCUT2D eigenvalue weighted by Crippen LogP contribution is -2.38. The molecule has 1 N–H and O–H groups in total. The molecule has 0 bridgehead atoms. The predicted molar refractivity (Wildman–Crippen MR) is 124 cm³/mol. The van der Waals surface area contributed by atoms with Crippen molar-refractivity contribution in [2.45, 2.75) is 12.8 Å². The summed E-state index contributed by atoms with van der Waals surface area (Å²) in [6, 6.07) is 15.0. The summed E-state index contributed by atoms with van der Waals surface area (Å²) in [6.45, 7) is 2.65.